The fourth-order valence-corrected chi connectivity index (χ4v) is 6.54. The number of pyridine rings is 1. The van der Waals surface area contributed by atoms with E-state index < -0.39 is 0 Å². The highest BCUT2D eigenvalue weighted by molar-refractivity contribution is 6.11. The highest BCUT2D eigenvalue weighted by atomic mass is 16.3. The van der Waals surface area contributed by atoms with Crippen LogP contribution in [0.2, 0.25) is 0 Å². The maximum Gasteiger partial charge on any atom is 0.165 e. The summed E-state index contributed by atoms with van der Waals surface area (Å²) in [5, 5.41) is 0.981. The average Bonchev–Trinajstić information content (AvgIpc) is 3.57. The molecule has 5 heteroatoms. The second-order valence-electron chi connectivity index (χ2n) is 12.4. The Hall–Kier alpha value is -6.72. The molecule has 6 aromatic carbocycles. The molecule has 0 fully saturated rings. The van der Waals surface area contributed by atoms with E-state index in [4.69, 9.17) is 24.4 Å². The van der Waals surface area contributed by atoms with E-state index in [9.17, 15) is 0 Å². The molecule has 0 amide bonds. The molecule has 0 radical (unpaired) electrons. The van der Waals surface area contributed by atoms with Crippen LogP contribution in [-0.4, -0.2) is 19.9 Å². The lowest BCUT2D eigenvalue weighted by atomic mass is 9.97. The number of rotatable bonds is 6. The smallest absolute Gasteiger partial charge is 0.165 e. The molecule has 0 N–H and O–H groups in total. The van der Waals surface area contributed by atoms with Gasteiger partial charge in [-0.05, 0) is 58.5 Å². The van der Waals surface area contributed by atoms with Crippen molar-refractivity contribution in [3.05, 3.63) is 169 Å². The van der Waals surface area contributed by atoms with Gasteiger partial charge < -0.3 is 4.42 Å². The summed E-state index contributed by atoms with van der Waals surface area (Å²) in [6.07, 6.45) is 1.84. The summed E-state index contributed by atoms with van der Waals surface area (Å²) >= 11 is 0. The van der Waals surface area contributed by atoms with E-state index in [0.29, 0.717) is 23.1 Å². The molecule has 236 valence electrons. The summed E-state index contributed by atoms with van der Waals surface area (Å²) < 4.78 is 6.45. The van der Waals surface area contributed by atoms with Gasteiger partial charge in [0.15, 0.2) is 23.1 Å². The Labute approximate surface area is 289 Å². The number of furan rings is 1. The number of fused-ring (bicyclic) bond motifs is 3. The van der Waals surface area contributed by atoms with Gasteiger partial charge in [0.05, 0.1) is 5.39 Å². The van der Waals surface area contributed by atoms with Gasteiger partial charge in [-0.15, -0.1) is 0 Å². The van der Waals surface area contributed by atoms with Crippen molar-refractivity contribution < 1.29 is 4.42 Å². The summed E-state index contributed by atoms with van der Waals surface area (Å²) in [4.78, 5) is 19.8. The number of nitrogens with zero attached hydrogens (tertiary/aromatic N) is 4. The molecule has 0 aliphatic carbocycles. The van der Waals surface area contributed by atoms with Crippen LogP contribution >= 0.6 is 0 Å². The maximum atomic E-state index is 6.45. The summed E-state index contributed by atoms with van der Waals surface area (Å²) in [5.41, 5.74) is 12.9. The van der Waals surface area contributed by atoms with Crippen molar-refractivity contribution >= 4 is 22.1 Å². The molecule has 5 nitrogen and oxygen atoms in total. The minimum atomic E-state index is 0.530. The van der Waals surface area contributed by atoms with Crippen LogP contribution in [0.4, 0.5) is 0 Å². The SMILES string of the molecule is Cc1cccc(-c2ccc(-c3nc(-c4ccccc4)nc(-c4cnc5c(c4)oc4cccc(-c6cccc(-c7ccccc7)c6)c45)n3)cc2)c1. The Morgan fingerprint density at radius 2 is 0.940 bits per heavy atom. The van der Waals surface area contributed by atoms with Crippen molar-refractivity contribution in [2.24, 2.45) is 0 Å². The molecule has 0 spiro atoms. The van der Waals surface area contributed by atoms with Gasteiger partial charge >= 0.3 is 0 Å². The van der Waals surface area contributed by atoms with Crippen LogP contribution in [0.1, 0.15) is 5.56 Å². The monoisotopic (exact) mass is 642 g/mol. The molecule has 3 aromatic heterocycles. The van der Waals surface area contributed by atoms with Crippen LogP contribution < -0.4 is 0 Å². The van der Waals surface area contributed by atoms with Crippen molar-refractivity contribution in [1.29, 1.82) is 0 Å². The molecule has 3 heterocycles. The molecule has 0 aliphatic heterocycles. The lowest BCUT2D eigenvalue weighted by molar-refractivity contribution is 0.668. The normalized spacial score (nSPS) is 11.3. The second kappa shape index (κ2) is 12.4. The quantitative estimate of drug-likeness (QED) is 0.181. The molecule has 50 heavy (non-hydrogen) atoms. The van der Waals surface area contributed by atoms with E-state index in [1.165, 1.54) is 16.7 Å². The van der Waals surface area contributed by atoms with Crippen molar-refractivity contribution in [2.45, 2.75) is 6.92 Å². The third-order valence-corrected chi connectivity index (χ3v) is 9.04. The molecular formula is C45H30N4O. The van der Waals surface area contributed by atoms with Crippen LogP contribution in [0.5, 0.6) is 0 Å². The average molecular weight is 643 g/mol. The van der Waals surface area contributed by atoms with Crippen molar-refractivity contribution in [2.75, 3.05) is 0 Å². The third kappa shape index (κ3) is 5.51. The molecule has 0 unspecified atom stereocenters. The zero-order chi connectivity index (χ0) is 33.4. The van der Waals surface area contributed by atoms with Crippen molar-refractivity contribution in [3.63, 3.8) is 0 Å². The summed E-state index contributed by atoms with van der Waals surface area (Å²) in [7, 11) is 0. The Balaban J connectivity index is 1.14. The molecule has 0 bridgehead atoms. The number of benzene rings is 6. The van der Waals surface area contributed by atoms with E-state index in [-0.39, 0.29) is 0 Å². The maximum absolute atomic E-state index is 6.45. The van der Waals surface area contributed by atoms with Gasteiger partial charge in [0.1, 0.15) is 11.1 Å². The predicted molar refractivity (Wildman–Crippen MR) is 202 cm³/mol. The van der Waals surface area contributed by atoms with E-state index >= 15 is 0 Å². The number of hydrogen-bond acceptors (Lipinski definition) is 5. The third-order valence-electron chi connectivity index (χ3n) is 9.04. The first-order chi connectivity index (χ1) is 24.7. The Kier molecular flexibility index (Phi) is 7.29. The van der Waals surface area contributed by atoms with E-state index in [1.807, 2.05) is 60.8 Å². The molecular weight excluding hydrogens is 613 g/mol. The summed E-state index contributed by atoms with van der Waals surface area (Å²) in [5.74, 6) is 1.72. The first kappa shape index (κ1) is 29.4. The molecule has 0 aliphatic rings. The topological polar surface area (TPSA) is 64.7 Å². The van der Waals surface area contributed by atoms with Gasteiger partial charge in [0.2, 0.25) is 0 Å². The zero-order valence-corrected chi connectivity index (χ0v) is 27.3. The second-order valence-corrected chi connectivity index (χ2v) is 12.4. The minimum Gasteiger partial charge on any atom is -0.454 e. The highest BCUT2D eigenvalue weighted by Gasteiger charge is 2.18. The lowest BCUT2D eigenvalue weighted by Gasteiger charge is -2.09. The van der Waals surface area contributed by atoms with Crippen LogP contribution in [0, 0.1) is 6.92 Å². The van der Waals surface area contributed by atoms with E-state index in [2.05, 4.69) is 110 Å². The highest BCUT2D eigenvalue weighted by Crippen LogP contribution is 2.38. The van der Waals surface area contributed by atoms with Gasteiger partial charge in [0, 0.05) is 22.9 Å². The van der Waals surface area contributed by atoms with Gasteiger partial charge in [-0.2, -0.15) is 0 Å². The number of aromatic nitrogens is 4. The zero-order valence-electron chi connectivity index (χ0n) is 27.3. The van der Waals surface area contributed by atoms with Gasteiger partial charge in [-0.25, -0.2) is 15.0 Å². The van der Waals surface area contributed by atoms with Crippen LogP contribution in [0.25, 0.3) is 89.6 Å². The van der Waals surface area contributed by atoms with Gasteiger partial charge in [-0.3, -0.25) is 4.98 Å². The predicted octanol–water partition coefficient (Wildman–Crippen LogP) is 11.5. The first-order valence-electron chi connectivity index (χ1n) is 16.6. The fourth-order valence-electron chi connectivity index (χ4n) is 6.54. The van der Waals surface area contributed by atoms with Crippen molar-refractivity contribution in [1.82, 2.24) is 19.9 Å². The largest absolute Gasteiger partial charge is 0.454 e. The lowest BCUT2D eigenvalue weighted by Crippen LogP contribution is -2.00. The first-order valence-corrected chi connectivity index (χ1v) is 16.6. The standard InChI is InChI=1S/C45H30N4O/c1-29-11-8-16-34(25-29)31-21-23-33(24-22-31)44-47-43(32-14-6-3-7-15-32)48-45(49-44)37-27-40-42(46-28-37)41-38(19-10-20-39(41)50-40)36-18-9-17-35(26-36)30-12-4-2-5-13-30/h2-28H,1H3. The van der Waals surface area contributed by atoms with Crippen LogP contribution in [-0.2, 0) is 0 Å². The fraction of sp³-hybridized carbons (Fsp3) is 0.0222. The Morgan fingerprint density at radius 3 is 1.66 bits per heavy atom. The molecule has 9 rings (SSSR count). The summed E-state index contributed by atoms with van der Waals surface area (Å²) in [6, 6.07) is 54.1. The van der Waals surface area contributed by atoms with Gasteiger partial charge in [-0.1, -0.05) is 145 Å². The Bertz CT molecular complexity index is 2650. The summed E-state index contributed by atoms with van der Waals surface area (Å²) in [6.45, 7) is 2.11. The number of aryl methyl sites for hydroxylation is 1. The number of hydrogen-bond donors (Lipinski definition) is 0. The van der Waals surface area contributed by atoms with E-state index in [1.54, 1.807) is 0 Å². The van der Waals surface area contributed by atoms with Gasteiger partial charge in [0.25, 0.3) is 0 Å². The minimum absolute atomic E-state index is 0.530. The van der Waals surface area contributed by atoms with Crippen LogP contribution in [0.15, 0.2) is 168 Å². The molecule has 9 aromatic rings. The van der Waals surface area contributed by atoms with Crippen molar-refractivity contribution in [3.8, 4) is 67.5 Å². The molecule has 0 saturated heterocycles. The molecule has 0 saturated carbocycles. The Morgan fingerprint density at radius 1 is 0.400 bits per heavy atom. The molecule has 0 atom stereocenters. The van der Waals surface area contributed by atoms with E-state index in [0.717, 1.165) is 55.4 Å². The van der Waals surface area contributed by atoms with Crippen LogP contribution in [0.3, 0.4) is 0 Å².